The van der Waals surface area contributed by atoms with Gasteiger partial charge in [-0.25, -0.2) is 0 Å². The first-order valence-corrected chi connectivity index (χ1v) is 8.74. The molecule has 0 aromatic carbocycles. The Bertz CT molecular complexity index is 492. The van der Waals surface area contributed by atoms with Crippen molar-refractivity contribution in [2.45, 2.75) is 17.7 Å². The van der Waals surface area contributed by atoms with Crippen LogP contribution in [0, 0.1) is 0 Å². The highest BCUT2D eigenvalue weighted by Crippen LogP contribution is 2.35. The SMILES string of the molecule is O=C(c1cc(Cl)sc1Cl)N1CCSC2COCCC21. The van der Waals surface area contributed by atoms with Crippen LogP contribution in [0.1, 0.15) is 16.8 Å². The van der Waals surface area contributed by atoms with Crippen LogP contribution in [0.3, 0.4) is 0 Å². The van der Waals surface area contributed by atoms with E-state index in [4.69, 9.17) is 27.9 Å². The number of rotatable bonds is 1. The highest BCUT2D eigenvalue weighted by atomic mass is 35.5. The summed E-state index contributed by atoms with van der Waals surface area (Å²) in [7, 11) is 0. The molecule has 2 aliphatic rings. The number of thioether (sulfide) groups is 1. The van der Waals surface area contributed by atoms with E-state index in [-0.39, 0.29) is 11.9 Å². The van der Waals surface area contributed by atoms with E-state index in [1.54, 1.807) is 6.07 Å². The molecule has 0 radical (unpaired) electrons. The van der Waals surface area contributed by atoms with Gasteiger partial charge in [-0.05, 0) is 12.5 Å². The molecule has 0 spiro atoms. The zero-order chi connectivity index (χ0) is 13.4. The summed E-state index contributed by atoms with van der Waals surface area (Å²) in [5.41, 5.74) is 0.536. The van der Waals surface area contributed by atoms with Gasteiger partial charge in [0, 0.05) is 30.2 Å². The van der Waals surface area contributed by atoms with E-state index in [1.165, 1.54) is 11.3 Å². The van der Waals surface area contributed by atoms with Gasteiger partial charge in [0.2, 0.25) is 0 Å². The van der Waals surface area contributed by atoms with Crippen molar-refractivity contribution in [2.75, 3.05) is 25.5 Å². The zero-order valence-corrected chi connectivity index (χ0v) is 13.2. The fraction of sp³-hybridized carbons (Fsp3) is 0.583. The van der Waals surface area contributed by atoms with E-state index in [2.05, 4.69) is 0 Å². The van der Waals surface area contributed by atoms with E-state index in [1.807, 2.05) is 16.7 Å². The third kappa shape index (κ3) is 2.76. The van der Waals surface area contributed by atoms with Crippen molar-refractivity contribution in [1.29, 1.82) is 0 Å². The van der Waals surface area contributed by atoms with Crippen LogP contribution in [0.15, 0.2) is 6.07 Å². The quantitative estimate of drug-likeness (QED) is 0.786. The van der Waals surface area contributed by atoms with Crippen LogP contribution in [0.25, 0.3) is 0 Å². The van der Waals surface area contributed by atoms with Crippen LogP contribution in [0.5, 0.6) is 0 Å². The molecule has 2 fully saturated rings. The number of thiophene rings is 1. The van der Waals surface area contributed by atoms with Gasteiger partial charge >= 0.3 is 0 Å². The van der Waals surface area contributed by atoms with E-state index >= 15 is 0 Å². The second kappa shape index (κ2) is 5.82. The van der Waals surface area contributed by atoms with Gasteiger partial charge < -0.3 is 9.64 Å². The van der Waals surface area contributed by atoms with Crippen molar-refractivity contribution in [1.82, 2.24) is 4.90 Å². The lowest BCUT2D eigenvalue weighted by Crippen LogP contribution is -2.54. The molecule has 1 aromatic heterocycles. The molecular weight excluding hydrogens is 325 g/mol. The summed E-state index contributed by atoms with van der Waals surface area (Å²) >= 11 is 15.2. The molecule has 1 amide bonds. The molecule has 3 heterocycles. The van der Waals surface area contributed by atoms with Crippen LogP contribution in [-0.4, -0.2) is 47.6 Å². The predicted molar refractivity (Wildman–Crippen MR) is 80.8 cm³/mol. The lowest BCUT2D eigenvalue weighted by Gasteiger charge is -2.43. The Morgan fingerprint density at radius 2 is 2.32 bits per heavy atom. The maximum absolute atomic E-state index is 12.6. The standard InChI is InChI=1S/C12H13Cl2NO2S2/c13-10-5-7(11(14)19-10)12(16)15-2-4-18-9-6-17-3-1-8(9)15/h5,8-9H,1-4,6H2. The molecule has 2 atom stereocenters. The van der Waals surface area contributed by atoms with Crippen molar-refractivity contribution in [3.63, 3.8) is 0 Å². The van der Waals surface area contributed by atoms with Gasteiger partial charge in [-0.3, -0.25) is 4.79 Å². The second-order valence-corrected chi connectivity index (χ2v) is 8.21. The lowest BCUT2D eigenvalue weighted by atomic mass is 10.1. The Balaban J connectivity index is 1.83. The molecule has 0 N–H and O–H groups in total. The van der Waals surface area contributed by atoms with Crippen LogP contribution in [-0.2, 0) is 4.74 Å². The topological polar surface area (TPSA) is 29.5 Å². The number of carbonyl (C=O) groups is 1. The smallest absolute Gasteiger partial charge is 0.256 e. The summed E-state index contributed by atoms with van der Waals surface area (Å²) in [4.78, 5) is 14.6. The number of ether oxygens (including phenoxy) is 1. The van der Waals surface area contributed by atoms with Crippen LogP contribution >= 0.6 is 46.3 Å². The summed E-state index contributed by atoms with van der Waals surface area (Å²) in [6, 6.07) is 1.93. The van der Waals surface area contributed by atoms with Crippen molar-refractivity contribution in [3.05, 3.63) is 20.3 Å². The first-order chi connectivity index (χ1) is 9.16. The first kappa shape index (κ1) is 14.0. The summed E-state index contributed by atoms with van der Waals surface area (Å²) in [5, 5.41) is 0.388. The molecule has 2 saturated heterocycles. The third-order valence-corrected chi connectivity index (χ3v) is 6.27. The Hall–Kier alpha value is 0.0600. The third-order valence-electron chi connectivity index (χ3n) is 3.48. The maximum Gasteiger partial charge on any atom is 0.256 e. The summed E-state index contributed by atoms with van der Waals surface area (Å²) in [5.74, 6) is 0.955. The van der Waals surface area contributed by atoms with E-state index in [0.29, 0.717) is 19.5 Å². The fourth-order valence-electron chi connectivity index (χ4n) is 2.58. The Morgan fingerprint density at radius 1 is 1.47 bits per heavy atom. The lowest BCUT2D eigenvalue weighted by molar-refractivity contribution is 0.0319. The summed E-state index contributed by atoms with van der Waals surface area (Å²) in [6.45, 7) is 2.23. The second-order valence-electron chi connectivity index (χ2n) is 4.58. The highest BCUT2D eigenvalue weighted by molar-refractivity contribution is 8.00. The molecule has 3 rings (SSSR count). The van der Waals surface area contributed by atoms with Crippen molar-refractivity contribution in [3.8, 4) is 0 Å². The molecule has 1 aromatic rings. The van der Waals surface area contributed by atoms with Crippen molar-refractivity contribution < 1.29 is 9.53 Å². The highest BCUT2D eigenvalue weighted by Gasteiger charge is 2.37. The molecule has 3 nitrogen and oxygen atoms in total. The van der Waals surface area contributed by atoms with Gasteiger partial charge in [-0.15, -0.1) is 11.3 Å². The Morgan fingerprint density at radius 3 is 3.05 bits per heavy atom. The molecule has 104 valence electrons. The van der Waals surface area contributed by atoms with Gasteiger partial charge in [-0.2, -0.15) is 11.8 Å². The minimum atomic E-state index is 0.00495. The number of amides is 1. The average molecular weight is 338 g/mol. The Labute approximate surface area is 130 Å². The number of hydrogen-bond donors (Lipinski definition) is 0. The van der Waals surface area contributed by atoms with Gasteiger partial charge in [0.25, 0.3) is 5.91 Å². The maximum atomic E-state index is 12.6. The van der Waals surface area contributed by atoms with Crippen LogP contribution in [0.2, 0.25) is 8.67 Å². The molecule has 2 aliphatic heterocycles. The molecular formula is C12H13Cl2NO2S2. The summed E-state index contributed by atoms with van der Waals surface area (Å²) in [6.07, 6.45) is 0.902. The average Bonchev–Trinajstić information content (AvgIpc) is 2.76. The fourth-order valence-corrected chi connectivity index (χ4v) is 5.33. The molecule has 0 aliphatic carbocycles. The van der Waals surface area contributed by atoms with Crippen molar-refractivity contribution >= 4 is 52.2 Å². The van der Waals surface area contributed by atoms with Gasteiger partial charge in [0.1, 0.15) is 4.34 Å². The summed E-state index contributed by atoms with van der Waals surface area (Å²) < 4.78 is 6.54. The molecule has 2 unspecified atom stereocenters. The molecule has 0 bridgehead atoms. The predicted octanol–water partition coefficient (Wildman–Crippen LogP) is 3.40. The minimum Gasteiger partial charge on any atom is -0.380 e. The van der Waals surface area contributed by atoms with Gasteiger partial charge in [0.05, 0.1) is 16.5 Å². The van der Waals surface area contributed by atoms with Crippen molar-refractivity contribution in [2.24, 2.45) is 0 Å². The molecule has 19 heavy (non-hydrogen) atoms. The number of fused-ring (bicyclic) bond motifs is 1. The minimum absolute atomic E-state index is 0.00495. The monoisotopic (exact) mass is 337 g/mol. The normalized spacial score (nSPS) is 27.2. The number of carbonyl (C=O) groups excluding carboxylic acids is 1. The van der Waals surface area contributed by atoms with Crippen LogP contribution < -0.4 is 0 Å². The van der Waals surface area contributed by atoms with E-state index in [0.717, 1.165) is 31.9 Å². The number of hydrogen-bond acceptors (Lipinski definition) is 4. The molecule has 7 heteroatoms. The first-order valence-electron chi connectivity index (χ1n) is 6.12. The number of halogens is 2. The van der Waals surface area contributed by atoms with Gasteiger partial charge in [-0.1, -0.05) is 23.2 Å². The largest absolute Gasteiger partial charge is 0.380 e. The van der Waals surface area contributed by atoms with E-state index in [9.17, 15) is 4.79 Å². The Kier molecular flexibility index (Phi) is 4.29. The zero-order valence-electron chi connectivity index (χ0n) is 10.1. The van der Waals surface area contributed by atoms with Gasteiger partial charge in [0.15, 0.2) is 0 Å². The van der Waals surface area contributed by atoms with Crippen LogP contribution in [0.4, 0.5) is 0 Å². The molecule has 0 saturated carbocycles. The van der Waals surface area contributed by atoms with E-state index < -0.39 is 0 Å². The number of nitrogens with zero attached hydrogens (tertiary/aromatic N) is 1.